The minimum atomic E-state index is -0.127. The van der Waals surface area contributed by atoms with Crippen molar-refractivity contribution in [3.05, 3.63) is 58.9 Å². The number of nitrogens with one attached hydrogen (secondary N) is 1. The Bertz CT molecular complexity index is 650. The Hall–Kier alpha value is -2.13. The quantitative estimate of drug-likeness (QED) is 0.796. The number of benzene rings is 1. The van der Waals surface area contributed by atoms with Gasteiger partial charge in [-0.1, -0.05) is 23.7 Å². The van der Waals surface area contributed by atoms with E-state index in [1.54, 1.807) is 24.4 Å². The maximum absolute atomic E-state index is 11.9. The number of halogens is 1. The molecule has 4 heteroatoms. The molecule has 1 aromatic heterocycles. The van der Waals surface area contributed by atoms with Gasteiger partial charge in [0.1, 0.15) is 0 Å². The molecule has 18 heavy (non-hydrogen) atoms. The Kier molecular flexibility index (Phi) is 2.61. The topological polar surface area (TPSA) is 42.0 Å². The lowest BCUT2D eigenvalue weighted by Crippen LogP contribution is -2.03. The summed E-state index contributed by atoms with van der Waals surface area (Å²) in [6.45, 7) is 0. The van der Waals surface area contributed by atoms with Crippen LogP contribution in [0, 0.1) is 0 Å². The summed E-state index contributed by atoms with van der Waals surface area (Å²) < 4.78 is 0. The first kappa shape index (κ1) is 11.0. The van der Waals surface area contributed by atoms with Gasteiger partial charge < -0.3 is 5.32 Å². The molecule has 2 aromatic rings. The van der Waals surface area contributed by atoms with Crippen LogP contribution in [0.5, 0.6) is 0 Å². The van der Waals surface area contributed by atoms with E-state index in [0.29, 0.717) is 10.6 Å². The summed E-state index contributed by atoms with van der Waals surface area (Å²) in [4.78, 5) is 16.1. The number of amides is 1. The van der Waals surface area contributed by atoms with Gasteiger partial charge in [-0.3, -0.25) is 9.78 Å². The molecular formula is C14H9ClN2O. The summed E-state index contributed by atoms with van der Waals surface area (Å²) in [5.74, 6) is -0.127. The lowest BCUT2D eigenvalue weighted by atomic mass is 10.1. The molecular weight excluding hydrogens is 248 g/mol. The highest BCUT2D eigenvalue weighted by Gasteiger charge is 2.24. The zero-order valence-corrected chi connectivity index (χ0v) is 10.1. The van der Waals surface area contributed by atoms with E-state index < -0.39 is 0 Å². The number of nitrogens with zero attached hydrogens (tertiary/aromatic N) is 1. The Labute approximate surface area is 109 Å². The number of carbonyl (C=O) groups is 1. The van der Waals surface area contributed by atoms with Crippen molar-refractivity contribution >= 4 is 34.8 Å². The molecule has 0 fully saturated rings. The minimum absolute atomic E-state index is 0.127. The van der Waals surface area contributed by atoms with Crippen molar-refractivity contribution in [2.75, 3.05) is 5.32 Å². The maximum atomic E-state index is 11.9. The number of carbonyl (C=O) groups excluding carboxylic acids is 1. The number of pyridine rings is 1. The number of rotatable bonds is 1. The van der Waals surface area contributed by atoms with E-state index in [0.717, 1.165) is 16.9 Å². The predicted octanol–water partition coefficient (Wildman–Crippen LogP) is 3.23. The zero-order valence-electron chi connectivity index (χ0n) is 9.35. The number of anilines is 1. The van der Waals surface area contributed by atoms with Crippen LogP contribution in [0.2, 0.25) is 5.02 Å². The Morgan fingerprint density at radius 2 is 2.11 bits per heavy atom. The molecule has 1 amide bonds. The van der Waals surface area contributed by atoms with Gasteiger partial charge in [-0.15, -0.1) is 0 Å². The second kappa shape index (κ2) is 4.27. The van der Waals surface area contributed by atoms with Gasteiger partial charge in [0.05, 0.1) is 17.0 Å². The van der Waals surface area contributed by atoms with Crippen LogP contribution < -0.4 is 5.32 Å². The van der Waals surface area contributed by atoms with E-state index in [1.165, 1.54) is 0 Å². The molecule has 1 aromatic carbocycles. The van der Waals surface area contributed by atoms with E-state index >= 15 is 0 Å². The fourth-order valence-corrected chi connectivity index (χ4v) is 2.09. The first-order valence-corrected chi connectivity index (χ1v) is 5.86. The second-order valence-corrected chi connectivity index (χ2v) is 4.39. The molecule has 1 aliphatic heterocycles. The van der Waals surface area contributed by atoms with Gasteiger partial charge in [0.15, 0.2) is 0 Å². The molecule has 88 valence electrons. The Morgan fingerprint density at radius 3 is 2.89 bits per heavy atom. The van der Waals surface area contributed by atoms with Gasteiger partial charge in [0, 0.05) is 16.8 Å². The molecule has 0 saturated heterocycles. The third-order valence-corrected chi connectivity index (χ3v) is 2.98. The normalized spacial score (nSPS) is 15.6. The van der Waals surface area contributed by atoms with Crippen molar-refractivity contribution < 1.29 is 4.79 Å². The molecule has 0 spiro atoms. The lowest BCUT2D eigenvalue weighted by molar-refractivity contribution is -0.110. The first-order valence-electron chi connectivity index (χ1n) is 5.48. The first-order chi connectivity index (χ1) is 8.74. The average Bonchev–Trinajstić information content (AvgIpc) is 2.66. The molecule has 0 radical (unpaired) electrons. The summed E-state index contributed by atoms with van der Waals surface area (Å²) in [5, 5.41) is 3.39. The highest BCUT2D eigenvalue weighted by molar-refractivity contribution is 6.36. The minimum Gasteiger partial charge on any atom is -0.321 e. The van der Waals surface area contributed by atoms with E-state index in [2.05, 4.69) is 10.3 Å². The Morgan fingerprint density at radius 1 is 1.22 bits per heavy atom. The van der Waals surface area contributed by atoms with Crippen LogP contribution >= 0.6 is 11.6 Å². The summed E-state index contributed by atoms with van der Waals surface area (Å²) in [7, 11) is 0. The smallest absolute Gasteiger partial charge is 0.256 e. The van der Waals surface area contributed by atoms with Crippen LogP contribution in [0.15, 0.2) is 42.6 Å². The van der Waals surface area contributed by atoms with E-state index in [1.807, 2.05) is 24.3 Å². The van der Waals surface area contributed by atoms with E-state index in [-0.39, 0.29) is 5.91 Å². The molecule has 1 N–H and O–H groups in total. The Balaban J connectivity index is 2.10. The predicted molar refractivity (Wildman–Crippen MR) is 72.2 cm³/mol. The van der Waals surface area contributed by atoms with Crippen LogP contribution in [0.25, 0.3) is 11.6 Å². The molecule has 1 aliphatic rings. The van der Waals surface area contributed by atoms with Gasteiger partial charge in [0.25, 0.3) is 5.91 Å². The second-order valence-electron chi connectivity index (χ2n) is 3.96. The van der Waals surface area contributed by atoms with Gasteiger partial charge in [-0.05, 0) is 30.3 Å². The SMILES string of the molecule is O=C1Nc2cc(Cl)ccc2/C1=C/c1ccccn1. The third-order valence-electron chi connectivity index (χ3n) is 2.74. The summed E-state index contributed by atoms with van der Waals surface area (Å²) in [6.07, 6.45) is 3.47. The van der Waals surface area contributed by atoms with Crippen molar-refractivity contribution in [2.24, 2.45) is 0 Å². The standard InChI is InChI=1S/C14H9ClN2O/c15-9-4-5-11-12(14(18)17-13(11)7-9)8-10-3-1-2-6-16-10/h1-8H,(H,17,18)/b12-8-. The number of aromatic nitrogens is 1. The van der Waals surface area contributed by atoms with E-state index in [9.17, 15) is 4.79 Å². The zero-order chi connectivity index (χ0) is 12.5. The fraction of sp³-hybridized carbons (Fsp3) is 0. The van der Waals surface area contributed by atoms with Crippen LogP contribution in [-0.2, 0) is 4.79 Å². The van der Waals surface area contributed by atoms with E-state index in [4.69, 9.17) is 11.6 Å². The van der Waals surface area contributed by atoms with Crippen molar-refractivity contribution in [3.8, 4) is 0 Å². The largest absolute Gasteiger partial charge is 0.321 e. The van der Waals surface area contributed by atoms with Crippen LogP contribution in [0.3, 0.4) is 0 Å². The van der Waals surface area contributed by atoms with Crippen LogP contribution in [0.4, 0.5) is 5.69 Å². The summed E-state index contributed by atoms with van der Waals surface area (Å²) in [5.41, 5.74) is 2.97. The highest BCUT2D eigenvalue weighted by atomic mass is 35.5. The molecule has 3 rings (SSSR count). The van der Waals surface area contributed by atoms with Crippen molar-refractivity contribution in [1.82, 2.24) is 4.98 Å². The number of hydrogen-bond acceptors (Lipinski definition) is 2. The maximum Gasteiger partial charge on any atom is 0.256 e. The molecule has 0 unspecified atom stereocenters. The highest BCUT2D eigenvalue weighted by Crippen LogP contribution is 2.34. The molecule has 2 heterocycles. The third kappa shape index (κ3) is 1.89. The number of hydrogen-bond donors (Lipinski definition) is 1. The van der Waals surface area contributed by atoms with Crippen molar-refractivity contribution in [2.45, 2.75) is 0 Å². The van der Waals surface area contributed by atoms with Gasteiger partial charge in [0.2, 0.25) is 0 Å². The molecule has 0 bridgehead atoms. The van der Waals surface area contributed by atoms with Crippen LogP contribution in [0.1, 0.15) is 11.3 Å². The fourth-order valence-electron chi connectivity index (χ4n) is 1.92. The van der Waals surface area contributed by atoms with Crippen LogP contribution in [-0.4, -0.2) is 10.9 Å². The summed E-state index contributed by atoms with van der Waals surface area (Å²) >= 11 is 5.90. The summed E-state index contributed by atoms with van der Waals surface area (Å²) in [6, 6.07) is 10.9. The molecule has 0 aliphatic carbocycles. The average molecular weight is 257 g/mol. The monoisotopic (exact) mass is 256 g/mol. The van der Waals surface area contributed by atoms with Gasteiger partial charge in [-0.2, -0.15) is 0 Å². The molecule has 0 atom stereocenters. The molecule has 0 saturated carbocycles. The van der Waals surface area contributed by atoms with Gasteiger partial charge in [-0.25, -0.2) is 0 Å². The molecule has 3 nitrogen and oxygen atoms in total. The van der Waals surface area contributed by atoms with Gasteiger partial charge >= 0.3 is 0 Å². The lowest BCUT2D eigenvalue weighted by Gasteiger charge is -1.98. The van der Waals surface area contributed by atoms with Crippen molar-refractivity contribution in [3.63, 3.8) is 0 Å². The van der Waals surface area contributed by atoms with Crippen molar-refractivity contribution in [1.29, 1.82) is 0 Å². The number of fused-ring (bicyclic) bond motifs is 1.